The lowest BCUT2D eigenvalue weighted by molar-refractivity contribution is 0.590. The van der Waals surface area contributed by atoms with Crippen LogP contribution in [0.1, 0.15) is 52.7 Å². The molecular weight excluding hydrogens is 1700 g/mol. The van der Waals surface area contributed by atoms with Crippen molar-refractivity contribution in [3.8, 4) is 66.8 Å². The standard InChI is InChI=1S/C68H45N3O.C64H53N3O/c1-5-14-46(15-6-1)50-24-32-54(33-25-50)69(55-34-26-51(27-35-55)47-16-7-2-8-17-47)58-41-43-64-63(44-58)60-22-13-23-62-66(60)71(64)67-61-42-40-59(45-65(61)72-68(62)67)70(56-36-28-52(29-37-56)48-18-9-3-10-19-48)57-38-30-53(31-39-57)49-20-11-4-12-21-49;1-63(2,3)46-27-31-48(32-28-46)65(50-23-15-21-44(39-50)42-17-9-7-10-18-42)52-35-36-54-58(41-52)68-62-55-37-38-57(59-53-25-13-14-26-56(53)67(60(55)59)61(54)62)66(49-33-29-47(30-34-49)64(4,5)6)51-24-16-22-45(40-51)43-19-11-8-12-20-43/h1-45H;7-41H,1-6H3. The average molecular weight is 1800 g/mol. The van der Waals surface area contributed by atoms with Gasteiger partial charge in [0.15, 0.2) is 11.2 Å². The van der Waals surface area contributed by atoms with E-state index >= 15 is 0 Å². The van der Waals surface area contributed by atoms with Crippen molar-refractivity contribution >= 4 is 167 Å². The molecule has 0 fully saturated rings. The fourth-order valence-electron chi connectivity index (χ4n) is 21.2. The number of hydrogen-bond donors (Lipinski definition) is 0. The highest BCUT2D eigenvalue weighted by Crippen LogP contribution is 2.53. The number of anilines is 12. The molecule has 20 aromatic carbocycles. The molecule has 6 heterocycles. The molecule has 0 aliphatic carbocycles. The van der Waals surface area contributed by atoms with E-state index in [-0.39, 0.29) is 10.8 Å². The van der Waals surface area contributed by atoms with Gasteiger partial charge in [-0.2, -0.15) is 0 Å². The zero-order valence-corrected chi connectivity index (χ0v) is 78.7. The average Bonchev–Trinajstić information content (AvgIpc) is 1.52. The highest BCUT2D eigenvalue weighted by atomic mass is 16.3. The van der Waals surface area contributed by atoms with Gasteiger partial charge in [-0.1, -0.05) is 351 Å². The highest BCUT2D eigenvalue weighted by molar-refractivity contribution is 6.30. The third kappa shape index (κ3) is 14.9. The Balaban J connectivity index is 0.000000148. The van der Waals surface area contributed by atoms with E-state index in [0.717, 1.165) is 140 Å². The Morgan fingerprint density at radius 2 is 0.457 bits per heavy atom. The molecule has 0 amide bonds. The lowest BCUT2D eigenvalue weighted by atomic mass is 9.87. The second-order valence-corrected chi connectivity index (χ2v) is 38.8. The van der Waals surface area contributed by atoms with Crippen molar-refractivity contribution in [3.63, 3.8) is 0 Å². The van der Waals surface area contributed by atoms with Crippen molar-refractivity contribution in [3.05, 3.63) is 496 Å². The van der Waals surface area contributed by atoms with Gasteiger partial charge < -0.3 is 37.2 Å². The molecule has 26 rings (SSSR count). The highest BCUT2D eigenvalue weighted by Gasteiger charge is 2.31. The predicted molar refractivity (Wildman–Crippen MR) is 590 cm³/mol. The van der Waals surface area contributed by atoms with Gasteiger partial charge in [-0.15, -0.1) is 0 Å². The second-order valence-electron chi connectivity index (χ2n) is 38.8. The number of para-hydroxylation sites is 2. The van der Waals surface area contributed by atoms with E-state index in [2.05, 4.69) is 555 Å². The van der Waals surface area contributed by atoms with Gasteiger partial charge in [-0.3, -0.25) is 0 Å². The van der Waals surface area contributed by atoms with Crippen molar-refractivity contribution in [1.82, 2.24) is 8.80 Å². The molecule has 8 heteroatoms. The largest absolute Gasteiger partial charge is 0.454 e. The summed E-state index contributed by atoms with van der Waals surface area (Å²) in [7, 11) is 0. The fraction of sp³-hybridized carbons (Fsp3) is 0.0606. The molecule has 0 saturated carbocycles. The number of aromatic nitrogens is 2. The van der Waals surface area contributed by atoms with E-state index in [0.29, 0.717) is 0 Å². The molecule has 0 spiro atoms. The summed E-state index contributed by atoms with van der Waals surface area (Å²) in [5.41, 5.74) is 40.1. The molecule has 0 aliphatic rings. The van der Waals surface area contributed by atoms with Crippen LogP contribution in [0.2, 0.25) is 0 Å². The van der Waals surface area contributed by atoms with Crippen molar-refractivity contribution in [2.45, 2.75) is 52.4 Å². The summed E-state index contributed by atoms with van der Waals surface area (Å²) in [6.45, 7) is 13.6. The van der Waals surface area contributed by atoms with Crippen LogP contribution < -0.4 is 19.6 Å². The van der Waals surface area contributed by atoms with Gasteiger partial charge in [0.25, 0.3) is 0 Å². The molecule has 0 radical (unpaired) electrons. The first kappa shape index (κ1) is 84.1. The molecule has 0 unspecified atom stereocenters. The molecule has 140 heavy (non-hydrogen) atoms. The molecule has 6 aromatic heterocycles. The molecule has 668 valence electrons. The first-order chi connectivity index (χ1) is 68.7. The normalized spacial score (nSPS) is 11.9. The van der Waals surface area contributed by atoms with Gasteiger partial charge in [-0.05, 0) is 253 Å². The van der Waals surface area contributed by atoms with E-state index in [4.69, 9.17) is 8.83 Å². The molecular formula is C132H98N6O2. The van der Waals surface area contributed by atoms with E-state index < -0.39 is 0 Å². The van der Waals surface area contributed by atoms with Gasteiger partial charge in [-0.25, -0.2) is 0 Å². The first-order valence-electron chi connectivity index (χ1n) is 48.3. The summed E-state index contributed by atoms with van der Waals surface area (Å²) in [5.74, 6) is 0. The Morgan fingerprint density at radius 3 is 0.871 bits per heavy atom. The van der Waals surface area contributed by atoms with Crippen LogP contribution in [0.3, 0.4) is 0 Å². The van der Waals surface area contributed by atoms with E-state index in [1.807, 2.05) is 0 Å². The fourth-order valence-corrected chi connectivity index (χ4v) is 21.2. The van der Waals surface area contributed by atoms with Crippen LogP contribution in [-0.2, 0) is 10.8 Å². The minimum Gasteiger partial charge on any atom is -0.454 e. The summed E-state index contributed by atoms with van der Waals surface area (Å²) in [6, 6.07) is 175. The first-order valence-corrected chi connectivity index (χ1v) is 48.3. The van der Waals surface area contributed by atoms with Crippen LogP contribution in [-0.4, -0.2) is 8.80 Å². The van der Waals surface area contributed by atoms with Gasteiger partial charge in [0, 0.05) is 118 Å². The van der Waals surface area contributed by atoms with Crippen molar-refractivity contribution in [2.24, 2.45) is 0 Å². The van der Waals surface area contributed by atoms with Crippen molar-refractivity contribution in [1.29, 1.82) is 0 Å². The Labute approximate surface area is 813 Å². The van der Waals surface area contributed by atoms with Crippen molar-refractivity contribution < 1.29 is 8.83 Å². The Kier molecular flexibility index (Phi) is 20.6. The van der Waals surface area contributed by atoms with Gasteiger partial charge in [0.2, 0.25) is 0 Å². The Bertz CT molecular complexity index is 8890. The lowest BCUT2D eigenvalue weighted by Gasteiger charge is -2.28. The topological polar surface area (TPSA) is 48.1 Å². The van der Waals surface area contributed by atoms with E-state index in [1.54, 1.807) is 0 Å². The summed E-state index contributed by atoms with van der Waals surface area (Å²) < 4.78 is 19.0. The van der Waals surface area contributed by atoms with Crippen molar-refractivity contribution in [2.75, 3.05) is 19.6 Å². The minimum atomic E-state index is 0.0321. The maximum Gasteiger partial charge on any atom is 0.161 e. The second kappa shape index (κ2) is 34.3. The van der Waals surface area contributed by atoms with Gasteiger partial charge in [0.1, 0.15) is 22.2 Å². The van der Waals surface area contributed by atoms with Crippen LogP contribution in [0.25, 0.3) is 165 Å². The van der Waals surface area contributed by atoms with Crippen LogP contribution in [0.5, 0.6) is 0 Å². The number of rotatable bonds is 18. The number of fused-ring (bicyclic) bond motifs is 16. The minimum absolute atomic E-state index is 0.0321. The maximum atomic E-state index is 7.13. The Hall–Kier alpha value is -17.7. The Morgan fingerprint density at radius 1 is 0.179 bits per heavy atom. The van der Waals surface area contributed by atoms with Crippen LogP contribution in [0.15, 0.2) is 494 Å². The number of hydrogen-bond acceptors (Lipinski definition) is 6. The van der Waals surface area contributed by atoms with Gasteiger partial charge in [0.05, 0.1) is 27.8 Å². The summed E-state index contributed by atoms with van der Waals surface area (Å²) in [5, 5.41) is 9.14. The summed E-state index contributed by atoms with van der Waals surface area (Å²) in [6.07, 6.45) is 0. The van der Waals surface area contributed by atoms with Crippen LogP contribution in [0.4, 0.5) is 68.2 Å². The van der Waals surface area contributed by atoms with Crippen LogP contribution in [0, 0.1) is 0 Å². The lowest BCUT2D eigenvalue weighted by Crippen LogP contribution is -2.13. The molecule has 0 atom stereocenters. The van der Waals surface area contributed by atoms with Gasteiger partial charge >= 0.3 is 0 Å². The third-order valence-corrected chi connectivity index (χ3v) is 28.1. The zero-order valence-electron chi connectivity index (χ0n) is 78.7. The molecule has 0 bridgehead atoms. The number of benzene rings is 20. The zero-order chi connectivity index (χ0) is 93.9. The maximum absolute atomic E-state index is 7.13. The van der Waals surface area contributed by atoms with E-state index in [9.17, 15) is 0 Å². The number of furan rings is 2. The smallest absolute Gasteiger partial charge is 0.161 e. The SMILES string of the molecule is CC(C)(C)c1ccc(N(c2cccc(-c3ccccc3)c2)c2ccc3c(c2)oc2c4ccc(N(c5ccc(C(C)(C)C)cc5)c5cccc(-c6ccccc6)c5)c5c6ccccc6n(c32)c45)cc1.c1ccc(-c2ccc(N(c3ccc(-c4ccccc4)cc3)c3ccc4c(c3)oc3c5cccc6c7cc(N(c8ccc(-c9ccccc9)cc8)c8ccc(-c9ccccc9)cc8)ccc7n(c65)c43)cc2)cc1. The molecule has 0 N–H and O–H groups in total. The molecule has 0 aliphatic heterocycles. The van der Waals surface area contributed by atoms with E-state index in [1.165, 1.54) is 105 Å². The molecule has 0 saturated heterocycles. The van der Waals surface area contributed by atoms with Crippen LogP contribution >= 0.6 is 0 Å². The summed E-state index contributed by atoms with van der Waals surface area (Å²) in [4.78, 5) is 9.49. The molecule has 8 nitrogen and oxygen atoms in total. The monoisotopic (exact) mass is 1800 g/mol. The third-order valence-electron chi connectivity index (χ3n) is 28.1. The molecule has 26 aromatic rings. The summed E-state index contributed by atoms with van der Waals surface area (Å²) >= 11 is 0. The quantitative estimate of drug-likeness (QED) is 0.0853. The predicted octanol–water partition coefficient (Wildman–Crippen LogP) is 37.6. The number of nitrogens with zero attached hydrogens (tertiary/aromatic N) is 6.